The van der Waals surface area contributed by atoms with Gasteiger partial charge in [-0.2, -0.15) is 5.26 Å². The molecule has 0 amide bonds. The second kappa shape index (κ2) is 12.8. The summed E-state index contributed by atoms with van der Waals surface area (Å²) in [5.41, 5.74) is 0.593. The summed E-state index contributed by atoms with van der Waals surface area (Å²) in [5.74, 6) is -2.85. The van der Waals surface area contributed by atoms with Crippen molar-refractivity contribution < 1.29 is 42.9 Å². The van der Waals surface area contributed by atoms with Crippen molar-refractivity contribution in [1.29, 1.82) is 5.26 Å². The molecule has 1 saturated heterocycles. The largest absolute Gasteiger partial charge is 0.463 e. The van der Waals surface area contributed by atoms with Gasteiger partial charge in [0.05, 0.1) is 0 Å². The number of pyridine rings is 1. The summed E-state index contributed by atoms with van der Waals surface area (Å²) < 4.78 is 27.5. The average Bonchev–Trinajstić information content (AvgIpc) is 2.86. The van der Waals surface area contributed by atoms with E-state index in [-0.39, 0.29) is 18.6 Å². The normalized spacial score (nSPS) is 22.2. The highest BCUT2D eigenvalue weighted by atomic mass is 16.7. The van der Waals surface area contributed by atoms with Crippen LogP contribution in [0, 0.1) is 11.3 Å². The highest BCUT2D eigenvalue weighted by Gasteiger charge is 2.52. The van der Waals surface area contributed by atoms with Crippen LogP contribution >= 0.6 is 0 Å². The lowest BCUT2D eigenvalue weighted by molar-refractivity contribution is -0.252. The van der Waals surface area contributed by atoms with Gasteiger partial charge in [-0.05, 0) is 11.6 Å². The number of esters is 4. The van der Waals surface area contributed by atoms with Gasteiger partial charge in [-0.15, -0.1) is 0 Å². The van der Waals surface area contributed by atoms with Gasteiger partial charge in [0.25, 0.3) is 5.56 Å². The second-order valence-electron chi connectivity index (χ2n) is 8.83. The molecule has 2 heterocycles. The molecule has 206 valence electrons. The Kier molecular flexibility index (Phi) is 9.57. The maximum absolute atomic E-state index is 12.8. The number of carbonyl (C=O) groups is 4. The van der Waals surface area contributed by atoms with E-state index in [1.807, 2.05) is 6.07 Å². The number of aromatic nitrogens is 1. The Morgan fingerprint density at radius 3 is 1.97 bits per heavy atom. The molecule has 0 spiro atoms. The van der Waals surface area contributed by atoms with Gasteiger partial charge >= 0.3 is 23.9 Å². The molecule has 5 atom stereocenters. The molecule has 2 aromatic rings. The van der Waals surface area contributed by atoms with Gasteiger partial charge in [0, 0.05) is 45.4 Å². The molecule has 3 rings (SSSR count). The van der Waals surface area contributed by atoms with E-state index in [0.717, 1.165) is 20.8 Å². The highest BCUT2D eigenvalue weighted by molar-refractivity contribution is 5.71. The van der Waals surface area contributed by atoms with Crippen LogP contribution in [0.5, 0.6) is 0 Å². The first-order valence-corrected chi connectivity index (χ1v) is 12.0. The average molecular weight is 541 g/mol. The predicted molar refractivity (Wildman–Crippen MR) is 133 cm³/mol. The van der Waals surface area contributed by atoms with Crippen LogP contribution < -0.4 is 5.56 Å². The number of nitrogens with zero attached hydrogens (tertiary/aromatic N) is 1. The predicted octanol–water partition coefficient (Wildman–Crippen LogP) is 1.58. The second-order valence-corrected chi connectivity index (χ2v) is 8.83. The zero-order valence-electron chi connectivity index (χ0n) is 21.8. The summed E-state index contributed by atoms with van der Waals surface area (Å²) in [6, 6.07) is 12.3. The van der Waals surface area contributed by atoms with E-state index in [9.17, 15) is 29.2 Å². The van der Waals surface area contributed by atoms with E-state index in [1.54, 1.807) is 36.4 Å². The number of hydrogen-bond donors (Lipinski definition) is 1. The summed E-state index contributed by atoms with van der Waals surface area (Å²) in [7, 11) is 0. The van der Waals surface area contributed by atoms with Gasteiger partial charge < -0.3 is 28.7 Å². The number of nitriles is 1. The highest BCUT2D eigenvalue weighted by Crippen LogP contribution is 2.31. The third kappa shape index (κ3) is 7.52. The topological polar surface area (TPSA) is 171 Å². The van der Waals surface area contributed by atoms with Crippen LogP contribution in [0.1, 0.15) is 39.0 Å². The molecule has 1 fully saturated rings. The van der Waals surface area contributed by atoms with Crippen molar-refractivity contribution in [2.24, 2.45) is 0 Å². The van der Waals surface area contributed by atoms with Crippen LogP contribution in [0.15, 0.2) is 41.2 Å². The number of nitrogens with one attached hydrogen (secondary N) is 1. The Bertz CT molecular complexity index is 1330. The smallest absolute Gasteiger partial charge is 0.303 e. The third-order valence-electron chi connectivity index (χ3n) is 5.79. The molecule has 1 N–H and O–H groups in total. The van der Waals surface area contributed by atoms with Gasteiger partial charge in [0.1, 0.15) is 30.4 Å². The van der Waals surface area contributed by atoms with E-state index in [4.69, 9.17) is 23.7 Å². The number of benzene rings is 1. The van der Waals surface area contributed by atoms with Gasteiger partial charge in [0.15, 0.2) is 18.3 Å². The van der Waals surface area contributed by atoms with Crippen LogP contribution in [0.4, 0.5) is 0 Å². The van der Waals surface area contributed by atoms with Crippen LogP contribution in [-0.4, -0.2) is 66.0 Å². The fourth-order valence-corrected chi connectivity index (χ4v) is 4.38. The first-order valence-electron chi connectivity index (χ1n) is 12.0. The fraction of sp³-hybridized carbons (Fsp3) is 0.407. The zero-order valence-corrected chi connectivity index (χ0v) is 21.8. The molecule has 0 saturated carbocycles. The molecule has 1 aliphatic heterocycles. The minimum absolute atomic E-state index is 0.0835. The Morgan fingerprint density at radius 1 is 0.872 bits per heavy atom. The number of H-pyrrole nitrogens is 1. The maximum Gasteiger partial charge on any atom is 0.303 e. The molecule has 12 heteroatoms. The summed E-state index contributed by atoms with van der Waals surface area (Å²) in [6.07, 6.45) is -6.14. The Morgan fingerprint density at radius 2 is 1.44 bits per heavy atom. The molecule has 0 aliphatic carbocycles. The van der Waals surface area contributed by atoms with Crippen LogP contribution in [0.25, 0.3) is 11.1 Å². The zero-order chi connectivity index (χ0) is 28.7. The van der Waals surface area contributed by atoms with Gasteiger partial charge in [0.2, 0.25) is 0 Å². The first kappa shape index (κ1) is 29.1. The van der Waals surface area contributed by atoms with Crippen molar-refractivity contribution in [2.45, 2.75) is 64.6 Å². The van der Waals surface area contributed by atoms with E-state index in [2.05, 4.69) is 4.98 Å². The van der Waals surface area contributed by atoms with E-state index in [1.165, 1.54) is 6.92 Å². The molecule has 1 aromatic carbocycles. The Hall–Kier alpha value is -4.50. The van der Waals surface area contributed by atoms with E-state index in [0.29, 0.717) is 16.8 Å². The van der Waals surface area contributed by atoms with Gasteiger partial charge in [-0.1, -0.05) is 30.3 Å². The number of carbonyl (C=O) groups excluding carboxylic acids is 4. The minimum atomic E-state index is -1.33. The third-order valence-corrected chi connectivity index (χ3v) is 5.79. The summed E-state index contributed by atoms with van der Waals surface area (Å²) in [4.78, 5) is 62.9. The summed E-state index contributed by atoms with van der Waals surface area (Å²) in [6.45, 7) is 4.22. The molecule has 0 unspecified atom stereocenters. The SMILES string of the molecule is CC(=O)OC[C@H]1O[C@@H](Cc2cc(-c3ccccc3)c(C#N)c(=O)[nH]2)[C@H](OC(C)=O)[C@@H](OC(C)=O)[C@@H]1OC(C)=O. The quantitative estimate of drug-likeness (QED) is 0.381. The number of aromatic amines is 1. The molecule has 0 bridgehead atoms. The van der Waals surface area contributed by atoms with Crippen molar-refractivity contribution in [2.75, 3.05) is 6.61 Å². The molecular formula is C27H28N2O10. The molecule has 1 aromatic heterocycles. The van der Waals surface area contributed by atoms with Crippen LogP contribution in [0.2, 0.25) is 0 Å². The van der Waals surface area contributed by atoms with Gasteiger partial charge in [-0.25, -0.2) is 0 Å². The molecular weight excluding hydrogens is 512 g/mol. The van der Waals surface area contributed by atoms with Crippen molar-refractivity contribution in [3.63, 3.8) is 0 Å². The Labute approximate surface area is 223 Å². The monoisotopic (exact) mass is 540 g/mol. The van der Waals surface area contributed by atoms with Gasteiger partial charge in [-0.3, -0.25) is 24.0 Å². The number of hydrogen-bond acceptors (Lipinski definition) is 11. The maximum atomic E-state index is 12.8. The minimum Gasteiger partial charge on any atom is -0.463 e. The molecule has 39 heavy (non-hydrogen) atoms. The first-order chi connectivity index (χ1) is 18.5. The van der Waals surface area contributed by atoms with Crippen LogP contribution in [-0.2, 0) is 49.3 Å². The lowest BCUT2D eigenvalue weighted by Gasteiger charge is -2.44. The van der Waals surface area contributed by atoms with Crippen molar-refractivity contribution in [3.8, 4) is 17.2 Å². The van der Waals surface area contributed by atoms with E-state index >= 15 is 0 Å². The Balaban J connectivity index is 2.08. The molecule has 1 aliphatic rings. The van der Waals surface area contributed by atoms with E-state index < -0.39 is 60.0 Å². The standard InChI is InChI=1S/C27H28N2O10/c1-14(30)35-13-23-25(37-16(3)32)26(38-17(4)33)24(36-15(2)31)22(39-23)11-19-10-20(18-8-6-5-7-9-18)21(12-28)27(34)29-19/h5-10,22-26H,11,13H2,1-4H3,(H,29,34)/t22-,23+,24-,25+,26+/m0/s1. The van der Waals surface area contributed by atoms with Crippen molar-refractivity contribution in [1.82, 2.24) is 4.98 Å². The summed E-state index contributed by atoms with van der Waals surface area (Å²) in [5, 5.41) is 9.59. The van der Waals surface area contributed by atoms with Crippen LogP contribution in [0.3, 0.4) is 0 Å². The summed E-state index contributed by atoms with van der Waals surface area (Å²) >= 11 is 0. The number of ether oxygens (including phenoxy) is 5. The lowest BCUT2D eigenvalue weighted by atomic mass is 9.91. The van der Waals surface area contributed by atoms with Crippen molar-refractivity contribution in [3.05, 3.63) is 58.0 Å². The molecule has 0 radical (unpaired) electrons. The number of rotatable bonds is 8. The fourth-order valence-electron chi connectivity index (χ4n) is 4.38. The van der Waals surface area contributed by atoms with Crippen molar-refractivity contribution >= 4 is 23.9 Å². The lowest BCUT2D eigenvalue weighted by Crippen LogP contribution is -2.62. The molecule has 12 nitrogen and oxygen atoms in total.